The second-order valence-corrected chi connectivity index (χ2v) is 6.47. The van der Waals surface area contributed by atoms with Gasteiger partial charge in [-0.2, -0.15) is 0 Å². The van der Waals surface area contributed by atoms with Crippen molar-refractivity contribution in [2.24, 2.45) is 0 Å². The molecule has 0 aliphatic heterocycles. The molecule has 0 aromatic carbocycles. The van der Waals surface area contributed by atoms with Crippen LogP contribution in [0, 0.1) is 6.92 Å². The minimum atomic E-state index is 0.0870. The minimum Gasteiger partial charge on any atom is -0.329 e. The van der Waals surface area contributed by atoms with Gasteiger partial charge in [0.1, 0.15) is 5.69 Å². The number of imidazole rings is 1. The lowest BCUT2D eigenvalue weighted by Crippen LogP contribution is -2.11. The third-order valence-electron chi connectivity index (χ3n) is 4.24. The molecule has 0 aliphatic rings. The van der Waals surface area contributed by atoms with Crippen LogP contribution >= 0.6 is 0 Å². The maximum atomic E-state index is 12.4. The van der Waals surface area contributed by atoms with Crippen molar-refractivity contribution in [1.29, 1.82) is 0 Å². The maximum Gasteiger partial charge on any atom is 0.156 e. The van der Waals surface area contributed by atoms with Crippen molar-refractivity contribution in [2.45, 2.75) is 19.9 Å². The highest BCUT2D eigenvalue weighted by Crippen LogP contribution is 2.17. The molecule has 7 heteroatoms. The third-order valence-corrected chi connectivity index (χ3v) is 4.24. The fourth-order valence-corrected chi connectivity index (χ4v) is 2.90. The molecular weight excluding hydrogens is 352 g/mol. The summed E-state index contributed by atoms with van der Waals surface area (Å²) in [5.41, 5.74) is 5.05. The molecule has 4 aromatic heterocycles. The second kappa shape index (κ2) is 7.87. The molecule has 0 radical (unpaired) electrons. The largest absolute Gasteiger partial charge is 0.329 e. The van der Waals surface area contributed by atoms with Gasteiger partial charge in [0.2, 0.25) is 0 Å². The molecule has 7 nitrogen and oxygen atoms in total. The number of ketones is 1. The van der Waals surface area contributed by atoms with Crippen molar-refractivity contribution in [3.8, 4) is 22.6 Å². The van der Waals surface area contributed by atoms with Gasteiger partial charge < -0.3 is 4.57 Å². The number of pyridine rings is 2. The Balaban J connectivity index is 1.39. The first-order chi connectivity index (χ1) is 13.7. The molecule has 0 bridgehead atoms. The summed E-state index contributed by atoms with van der Waals surface area (Å²) in [7, 11) is 0. The van der Waals surface area contributed by atoms with Crippen molar-refractivity contribution in [3.05, 3.63) is 79.0 Å². The molecule has 0 aliphatic carbocycles. The zero-order valence-electron chi connectivity index (χ0n) is 15.4. The minimum absolute atomic E-state index is 0.0870. The van der Waals surface area contributed by atoms with Crippen molar-refractivity contribution in [2.75, 3.05) is 0 Å². The van der Waals surface area contributed by atoms with Crippen LogP contribution in [0.15, 0.2) is 67.8 Å². The van der Waals surface area contributed by atoms with Gasteiger partial charge in [0, 0.05) is 48.7 Å². The van der Waals surface area contributed by atoms with E-state index in [1.807, 2.05) is 37.4 Å². The van der Waals surface area contributed by atoms with Crippen LogP contribution in [-0.4, -0.2) is 35.3 Å². The van der Waals surface area contributed by atoms with Crippen LogP contribution in [-0.2, 0) is 17.8 Å². The molecule has 0 amide bonds. The normalized spacial score (nSPS) is 10.8. The molecule has 4 aromatic rings. The average Bonchev–Trinajstić information content (AvgIpc) is 3.17. The number of carbonyl (C=O) groups excluding carboxylic acids is 1. The van der Waals surface area contributed by atoms with Gasteiger partial charge in [0.25, 0.3) is 0 Å². The van der Waals surface area contributed by atoms with Gasteiger partial charge in [-0.25, -0.2) is 4.98 Å². The summed E-state index contributed by atoms with van der Waals surface area (Å²) in [6, 6.07) is 7.63. The first-order valence-electron chi connectivity index (χ1n) is 8.85. The summed E-state index contributed by atoms with van der Waals surface area (Å²) in [5.74, 6) is 0.0870. The molecule has 0 N–H and O–H groups in total. The first kappa shape index (κ1) is 17.7. The summed E-state index contributed by atoms with van der Waals surface area (Å²) in [4.78, 5) is 33.7. The van der Waals surface area contributed by atoms with Crippen LogP contribution in [0.25, 0.3) is 22.6 Å². The summed E-state index contributed by atoms with van der Waals surface area (Å²) in [5, 5.41) is 0. The smallest absolute Gasteiger partial charge is 0.156 e. The number of aryl methyl sites for hydroxylation is 1. The number of carbonyl (C=O) groups is 1. The molecule has 0 unspecified atom stereocenters. The van der Waals surface area contributed by atoms with Gasteiger partial charge in [-0.05, 0) is 30.7 Å². The Hall–Kier alpha value is -3.74. The molecule has 0 fully saturated rings. The Morgan fingerprint density at radius 1 is 0.929 bits per heavy atom. The van der Waals surface area contributed by atoms with Gasteiger partial charge in [0.05, 0.1) is 30.5 Å². The number of Topliss-reactive ketones (excluding diaryl/α,β-unsaturated/α-hetero) is 1. The maximum absolute atomic E-state index is 12.4. The first-order valence-corrected chi connectivity index (χ1v) is 8.85. The Labute approximate surface area is 162 Å². The summed E-state index contributed by atoms with van der Waals surface area (Å²) < 4.78 is 1.80. The molecule has 138 valence electrons. The fourth-order valence-electron chi connectivity index (χ4n) is 2.90. The van der Waals surface area contributed by atoms with Crippen molar-refractivity contribution in [3.63, 3.8) is 0 Å². The van der Waals surface area contributed by atoms with Crippen molar-refractivity contribution < 1.29 is 4.79 Å². The van der Waals surface area contributed by atoms with E-state index in [2.05, 4.69) is 24.9 Å². The van der Waals surface area contributed by atoms with Gasteiger partial charge in [-0.1, -0.05) is 6.07 Å². The Morgan fingerprint density at radius 2 is 1.86 bits per heavy atom. The van der Waals surface area contributed by atoms with E-state index in [4.69, 9.17) is 0 Å². The zero-order chi connectivity index (χ0) is 19.3. The van der Waals surface area contributed by atoms with E-state index in [0.717, 1.165) is 28.2 Å². The summed E-state index contributed by atoms with van der Waals surface area (Å²) >= 11 is 0. The molecule has 4 rings (SSSR count). The lowest BCUT2D eigenvalue weighted by molar-refractivity contribution is -0.119. The monoisotopic (exact) mass is 370 g/mol. The van der Waals surface area contributed by atoms with Crippen LogP contribution in [0.4, 0.5) is 0 Å². The molecule has 0 saturated heterocycles. The molecule has 4 heterocycles. The Bertz CT molecular complexity index is 1090. The average molecular weight is 370 g/mol. The Morgan fingerprint density at radius 3 is 2.61 bits per heavy atom. The number of nitrogens with zero attached hydrogens (tertiary/aromatic N) is 6. The van der Waals surface area contributed by atoms with E-state index in [-0.39, 0.29) is 12.3 Å². The van der Waals surface area contributed by atoms with Crippen LogP contribution in [0.1, 0.15) is 11.3 Å². The van der Waals surface area contributed by atoms with Gasteiger partial charge >= 0.3 is 0 Å². The molecule has 28 heavy (non-hydrogen) atoms. The molecular formula is C21H18N6O. The number of aromatic nitrogens is 6. The second-order valence-electron chi connectivity index (χ2n) is 6.47. The third kappa shape index (κ3) is 4.15. The van der Waals surface area contributed by atoms with Crippen LogP contribution in [0.5, 0.6) is 0 Å². The predicted octanol–water partition coefficient (Wildman–Crippen LogP) is 2.92. The van der Waals surface area contributed by atoms with Gasteiger partial charge in [0.15, 0.2) is 5.78 Å². The van der Waals surface area contributed by atoms with E-state index in [0.29, 0.717) is 12.1 Å². The highest BCUT2D eigenvalue weighted by atomic mass is 16.1. The van der Waals surface area contributed by atoms with Crippen LogP contribution in [0.3, 0.4) is 0 Å². The van der Waals surface area contributed by atoms with E-state index >= 15 is 0 Å². The molecule has 0 saturated carbocycles. The molecule has 0 atom stereocenters. The Kier molecular flexibility index (Phi) is 4.97. The van der Waals surface area contributed by atoms with E-state index in [1.54, 1.807) is 41.9 Å². The van der Waals surface area contributed by atoms with E-state index < -0.39 is 0 Å². The topological polar surface area (TPSA) is 86.5 Å². The summed E-state index contributed by atoms with van der Waals surface area (Å²) in [6.07, 6.45) is 12.2. The van der Waals surface area contributed by atoms with E-state index in [1.165, 1.54) is 0 Å². The number of rotatable bonds is 6. The fraction of sp³-hybridized carbons (Fsp3) is 0.143. The van der Waals surface area contributed by atoms with E-state index in [9.17, 15) is 4.79 Å². The van der Waals surface area contributed by atoms with Gasteiger partial charge in [-0.3, -0.25) is 24.7 Å². The lowest BCUT2D eigenvalue weighted by Gasteiger charge is -2.04. The lowest BCUT2D eigenvalue weighted by atomic mass is 10.1. The summed E-state index contributed by atoms with van der Waals surface area (Å²) in [6.45, 7) is 2.21. The highest BCUT2D eigenvalue weighted by molar-refractivity contribution is 5.80. The van der Waals surface area contributed by atoms with Crippen molar-refractivity contribution >= 4 is 5.78 Å². The van der Waals surface area contributed by atoms with Crippen LogP contribution < -0.4 is 0 Å². The quantitative estimate of drug-likeness (QED) is 0.519. The SMILES string of the molecule is Cc1cc(-c2cn(CC(=O)Cc3ccc(-c4cnccn4)nc3)cn2)ccn1. The zero-order valence-corrected chi connectivity index (χ0v) is 15.4. The van der Waals surface area contributed by atoms with Crippen LogP contribution in [0.2, 0.25) is 0 Å². The molecule has 0 spiro atoms. The standard InChI is InChI=1S/C21H18N6O/c1-15-8-17(4-5-23-15)21-13-27(14-26-21)12-18(28)9-16-2-3-19(25-10-16)20-11-22-6-7-24-20/h2-8,10-11,13-14H,9,12H2,1H3. The predicted molar refractivity (Wildman–Crippen MR) is 104 cm³/mol. The number of hydrogen-bond acceptors (Lipinski definition) is 6. The number of hydrogen-bond donors (Lipinski definition) is 0. The van der Waals surface area contributed by atoms with Gasteiger partial charge in [-0.15, -0.1) is 0 Å². The van der Waals surface area contributed by atoms with Crippen molar-refractivity contribution in [1.82, 2.24) is 29.5 Å². The highest BCUT2D eigenvalue weighted by Gasteiger charge is 2.09.